The molecule has 3 N–H and O–H groups in total. The van der Waals surface area contributed by atoms with Crippen LogP contribution in [0.2, 0.25) is 0 Å². The van der Waals surface area contributed by atoms with E-state index < -0.39 is 9.84 Å². The van der Waals surface area contributed by atoms with Crippen molar-refractivity contribution in [1.29, 1.82) is 5.41 Å². The maximum Gasteiger partial charge on any atom is 0.179 e. The molecule has 4 nitrogen and oxygen atoms in total. The zero-order valence-electron chi connectivity index (χ0n) is 9.31. The lowest BCUT2D eigenvalue weighted by Gasteiger charge is -2.04. The smallest absolute Gasteiger partial charge is 0.179 e. The monoisotopic (exact) mass is 337 g/mol. The second-order valence-corrected chi connectivity index (χ2v) is 6.59. The minimum Gasteiger partial charge on any atom is -1.00 e. The van der Waals surface area contributed by atoms with Crippen molar-refractivity contribution < 1.29 is 25.4 Å². The fourth-order valence-corrected chi connectivity index (χ4v) is 3.34. The van der Waals surface area contributed by atoms with Gasteiger partial charge in [0, 0.05) is 5.75 Å². The summed E-state index contributed by atoms with van der Waals surface area (Å²) in [5.41, 5.74) is 6.16. The van der Waals surface area contributed by atoms with Crippen LogP contribution in [0.15, 0.2) is 29.2 Å². The lowest BCUT2D eigenvalue weighted by atomic mass is 10.2. The first-order valence-corrected chi connectivity index (χ1v) is 7.32. The van der Waals surface area contributed by atoms with E-state index in [9.17, 15) is 8.42 Å². The van der Waals surface area contributed by atoms with E-state index in [-0.39, 0.29) is 27.9 Å². The molecule has 0 aliphatic rings. The maximum absolute atomic E-state index is 11.8. The molecule has 7 heteroatoms. The Balaban J connectivity index is 0.00000256. The summed E-state index contributed by atoms with van der Waals surface area (Å²) >= 11 is 1.04. The highest BCUT2D eigenvalue weighted by molar-refractivity contribution is 8.14. The van der Waals surface area contributed by atoms with Crippen LogP contribution >= 0.6 is 11.8 Å². The Hall–Kier alpha value is -0.530. The number of benzene rings is 1. The zero-order chi connectivity index (χ0) is 12.2. The minimum atomic E-state index is -3.25. The van der Waals surface area contributed by atoms with E-state index in [1.807, 2.05) is 6.92 Å². The van der Waals surface area contributed by atoms with Crippen LogP contribution in [0.25, 0.3) is 0 Å². The fraction of sp³-hybridized carbons (Fsp3) is 0.300. The molecule has 0 saturated carbocycles. The van der Waals surface area contributed by atoms with E-state index in [0.717, 1.165) is 17.3 Å². The molecule has 0 saturated heterocycles. The fourth-order valence-electron chi connectivity index (χ4n) is 1.12. The third kappa shape index (κ3) is 5.56. The van der Waals surface area contributed by atoms with Crippen molar-refractivity contribution in [1.82, 2.24) is 0 Å². The standard InChI is InChI=1S/C10H14N2O2S2.BrH/c1-8-2-4-9(5-3-8)16(13,14)7-6-15-10(11)12;/h2-5H,6-7H2,1H3,(H3,11,12);1H/p-1. The van der Waals surface area contributed by atoms with Crippen molar-refractivity contribution in [2.45, 2.75) is 11.8 Å². The van der Waals surface area contributed by atoms with Gasteiger partial charge in [0.2, 0.25) is 0 Å². The Morgan fingerprint density at radius 2 is 1.88 bits per heavy atom. The van der Waals surface area contributed by atoms with Crippen LogP contribution in [-0.2, 0) is 9.84 Å². The zero-order valence-corrected chi connectivity index (χ0v) is 12.5. The van der Waals surface area contributed by atoms with E-state index in [4.69, 9.17) is 11.1 Å². The second kappa shape index (κ2) is 7.03. The van der Waals surface area contributed by atoms with Crippen molar-refractivity contribution in [3.63, 3.8) is 0 Å². The van der Waals surface area contributed by atoms with Crippen LogP contribution in [0, 0.1) is 12.3 Å². The summed E-state index contributed by atoms with van der Waals surface area (Å²) in [5, 5.41) is 6.92. The minimum absolute atomic E-state index is 0. The molecule has 1 aromatic rings. The van der Waals surface area contributed by atoms with Gasteiger partial charge < -0.3 is 22.7 Å². The van der Waals surface area contributed by atoms with Gasteiger partial charge >= 0.3 is 0 Å². The number of nitrogens with two attached hydrogens (primary N) is 1. The van der Waals surface area contributed by atoms with Gasteiger partial charge in [0.1, 0.15) is 0 Å². The molecule has 0 spiro atoms. The number of halogens is 1. The van der Waals surface area contributed by atoms with Crippen LogP contribution in [0.4, 0.5) is 0 Å². The summed E-state index contributed by atoms with van der Waals surface area (Å²) in [6.45, 7) is 1.90. The Labute approximate surface area is 116 Å². The normalized spacial score (nSPS) is 10.6. The predicted molar refractivity (Wildman–Crippen MR) is 67.6 cm³/mol. The topological polar surface area (TPSA) is 84.0 Å². The molecule has 0 heterocycles. The van der Waals surface area contributed by atoms with Gasteiger partial charge in [-0.1, -0.05) is 29.5 Å². The largest absolute Gasteiger partial charge is 1.00 e. The molecule has 0 aromatic heterocycles. The molecule has 0 fully saturated rings. The Bertz CT molecular complexity index is 472. The Kier molecular flexibility index (Phi) is 6.81. The third-order valence-corrected chi connectivity index (χ3v) is 4.70. The number of sulfone groups is 1. The van der Waals surface area contributed by atoms with E-state index in [1.54, 1.807) is 24.3 Å². The van der Waals surface area contributed by atoms with E-state index in [2.05, 4.69) is 0 Å². The quantitative estimate of drug-likeness (QED) is 0.512. The summed E-state index contributed by atoms with van der Waals surface area (Å²) in [5.74, 6) is 0.311. The first kappa shape index (κ1) is 16.5. The average molecular weight is 338 g/mol. The number of hydrogen-bond donors (Lipinski definition) is 2. The highest BCUT2D eigenvalue weighted by Gasteiger charge is 2.13. The van der Waals surface area contributed by atoms with Gasteiger partial charge in [-0.05, 0) is 19.1 Å². The highest BCUT2D eigenvalue weighted by Crippen LogP contribution is 2.13. The highest BCUT2D eigenvalue weighted by atomic mass is 79.9. The van der Waals surface area contributed by atoms with E-state index >= 15 is 0 Å². The molecule has 96 valence electrons. The average Bonchev–Trinajstić information content (AvgIpc) is 2.17. The molecule has 0 radical (unpaired) electrons. The van der Waals surface area contributed by atoms with Crippen LogP contribution < -0.4 is 22.7 Å². The van der Waals surface area contributed by atoms with Crippen molar-refractivity contribution >= 4 is 26.8 Å². The number of aryl methyl sites for hydroxylation is 1. The van der Waals surface area contributed by atoms with Crippen LogP contribution in [0.1, 0.15) is 5.56 Å². The molecule has 1 rings (SSSR count). The van der Waals surface area contributed by atoms with Crippen molar-refractivity contribution in [3.8, 4) is 0 Å². The van der Waals surface area contributed by atoms with Gasteiger partial charge in [0.15, 0.2) is 15.0 Å². The van der Waals surface area contributed by atoms with Gasteiger partial charge in [-0.25, -0.2) is 8.42 Å². The predicted octanol–water partition coefficient (Wildman–Crippen LogP) is -1.60. The molecule has 0 amide bonds. The molecule has 17 heavy (non-hydrogen) atoms. The second-order valence-electron chi connectivity index (χ2n) is 3.34. The van der Waals surface area contributed by atoms with Crippen molar-refractivity contribution in [2.24, 2.45) is 5.73 Å². The summed E-state index contributed by atoms with van der Waals surface area (Å²) in [6.07, 6.45) is 0. The molecule has 1 aromatic carbocycles. The molecule has 0 aliphatic carbocycles. The molecular weight excluding hydrogens is 324 g/mol. The summed E-state index contributed by atoms with van der Waals surface area (Å²) < 4.78 is 23.6. The lowest BCUT2D eigenvalue weighted by Crippen LogP contribution is -3.00. The number of nitrogens with one attached hydrogen (secondary N) is 1. The molecular formula is C10H14BrN2O2S2-. The maximum atomic E-state index is 11.8. The molecule has 0 atom stereocenters. The van der Waals surface area contributed by atoms with Crippen molar-refractivity contribution in [3.05, 3.63) is 29.8 Å². The van der Waals surface area contributed by atoms with Crippen LogP contribution in [0.3, 0.4) is 0 Å². The van der Waals surface area contributed by atoms with Gasteiger partial charge in [-0.2, -0.15) is 0 Å². The Morgan fingerprint density at radius 3 is 2.35 bits per heavy atom. The summed E-state index contributed by atoms with van der Waals surface area (Å²) in [6, 6.07) is 6.74. The molecule has 0 bridgehead atoms. The Morgan fingerprint density at radius 1 is 1.35 bits per heavy atom. The number of rotatable bonds is 4. The lowest BCUT2D eigenvalue weighted by molar-refractivity contribution is -0.00000606. The molecule has 0 unspecified atom stereocenters. The van der Waals surface area contributed by atoms with E-state index in [0.29, 0.717) is 10.6 Å². The van der Waals surface area contributed by atoms with Gasteiger partial charge in [-0.3, -0.25) is 5.41 Å². The summed E-state index contributed by atoms with van der Waals surface area (Å²) in [7, 11) is -3.25. The van der Waals surface area contributed by atoms with Gasteiger partial charge in [0.05, 0.1) is 10.6 Å². The van der Waals surface area contributed by atoms with Crippen LogP contribution in [0.5, 0.6) is 0 Å². The van der Waals surface area contributed by atoms with Gasteiger partial charge in [-0.15, -0.1) is 0 Å². The van der Waals surface area contributed by atoms with E-state index in [1.165, 1.54) is 0 Å². The molecule has 0 aliphatic heterocycles. The first-order valence-electron chi connectivity index (χ1n) is 4.68. The SMILES string of the molecule is Cc1ccc(S(=O)(=O)CCSC(=N)N)cc1.[Br-]. The van der Waals surface area contributed by atoms with Crippen LogP contribution in [-0.4, -0.2) is 25.1 Å². The number of amidine groups is 1. The number of hydrogen-bond acceptors (Lipinski definition) is 4. The summed E-state index contributed by atoms with van der Waals surface area (Å²) in [4.78, 5) is 0.322. The van der Waals surface area contributed by atoms with Gasteiger partial charge in [0.25, 0.3) is 0 Å². The third-order valence-electron chi connectivity index (χ3n) is 1.99. The number of thioether (sulfide) groups is 1. The first-order chi connectivity index (χ1) is 7.42. The van der Waals surface area contributed by atoms with Crippen molar-refractivity contribution in [2.75, 3.05) is 11.5 Å².